The summed E-state index contributed by atoms with van der Waals surface area (Å²) in [5.74, 6) is 0.858. The largest absolute Gasteiger partial charge is 0.497 e. The molecule has 1 aromatic heterocycles. The molecule has 0 bridgehead atoms. The molecular formula is C27H33N7O. The molecule has 2 aromatic rings. The lowest BCUT2D eigenvalue weighted by Gasteiger charge is -2.34. The number of methoxy groups -OCH3 is 1. The van der Waals surface area contributed by atoms with Crippen molar-refractivity contribution in [3.63, 3.8) is 0 Å². The molecule has 6 rings (SSSR count). The van der Waals surface area contributed by atoms with Crippen LogP contribution in [0, 0.1) is 10.6 Å². The van der Waals surface area contributed by atoms with Crippen LogP contribution in [-0.2, 0) is 13.1 Å². The zero-order valence-electron chi connectivity index (χ0n) is 21.0. The minimum atomic E-state index is 0.240. The maximum Gasteiger partial charge on any atom is 0.118 e. The first-order chi connectivity index (χ1) is 17.0. The number of likely N-dealkylation sites (tertiary alicyclic amines) is 1. The minimum Gasteiger partial charge on any atom is -0.497 e. The number of hydrogen-bond acceptors (Lipinski definition) is 6. The fourth-order valence-corrected chi connectivity index (χ4v) is 5.44. The van der Waals surface area contributed by atoms with Gasteiger partial charge in [0.1, 0.15) is 11.3 Å². The van der Waals surface area contributed by atoms with Crippen LogP contribution in [0.5, 0.6) is 5.75 Å². The second kappa shape index (κ2) is 8.68. The number of aromatic nitrogens is 4. The summed E-state index contributed by atoms with van der Waals surface area (Å²) >= 11 is 0. The van der Waals surface area contributed by atoms with Crippen molar-refractivity contribution < 1.29 is 4.74 Å². The fraction of sp³-hybridized carbons (Fsp3) is 0.444. The van der Waals surface area contributed by atoms with Gasteiger partial charge in [-0.2, -0.15) is 15.3 Å². The molecule has 182 valence electrons. The van der Waals surface area contributed by atoms with E-state index in [-0.39, 0.29) is 6.04 Å². The summed E-state index contributed by atoms with van der Waals surface area (Å²) in [5, 5.41) is 20.5. The third kappa shape index (κ3) is 3.86. The Morgan fingerprint density at radius 2 is 1.83 bits per heavy atom. The number of nitrogens with zero attached hydrogens (tertiary/aromatic N) is 7. The summed E-state index contributed by atoms with van der Waals surface area (Å²) in [6.07, 6.45) is 4.22. The molecule has 1 fully saturated rings. The molecular weight excluding hydrogens is 438 g/mol. The van der Waals surface area contributed by atoms with Gasteiger partial charge in [0.05, 0.1) is 47.8 Å². The quantitative estimate of drug-likeness (QED) is 0.447. The predicted molar refractivity (Wildman–Crippen MR) is 135 cm³/mol. The van der Waals surface area contributed by atoms with Crippen LogP contribution < -0.4 is 10.1 Å². The van der Waals surface area contributed by atoms with Crippen LogP contribution in [0.25, 0.3) is 11.0 Å². The number of fused-ring (bicyclic) bond motifs is 2. The molecule has 35 heavy (non-hydrogen) atoms. The van der Waals surface area contributed by atoms with E-state index in [1.165, 1.54) is 21.9 Å². The van der Waals surface area contributed by atoms with Crippen LogP contribution in [0.1, 0.15) is 43.9 Å². The van der Waals surface area contributed by atoms with E-state index in [9.17, 15) is 0 Å². The van der Waals surface area contributed by atoms with Crippen LogP contribution in [0.15, 0.2) is 47.7 Å². The first-order valence-corrected chi connectivity index (χ1v) is 12.5. The molecule has 8 nitrogen and oxygen atoms in total. The zero-order chi connectivity index (χ0) is 24.1. The molecule has 1 aliphatic carbocycles. The van der Waals surface area contributed by atoms with Gasteiger partial charge in [-0.05, 0) is 76.7 Å². The normalized spacial score (nSPS) is 16.9. The molecule has 0 amide bonds. The van der Waals surface area contributed by atoms with Crippen molar-refractivity contribution in [2.45, 2.75) is 51.9 Å². The molecule has 4 heterocycles. The molecule has 0 unspecified atom stereocenters. The first-order valence-electron chi connectivity index (χ1n) is 12.5. The van der Waals surface area contributed by atoms with Gasteiger partial charge in [-0.1, -0.05) is 12.1 Å². The summed E-state index contributed by atoms with van der Waals surface area (Å²) < 4.78 is 9.57. The van der Waals surface area contributed by atoms with E-state index in [2.05, 4.69) is 64.4 Å². The van der Waals surface area contributed by atoms with Gasteiger partial charge >= 0.3 is 0 Å². The van der Waals surface area contributed by atoms with E-state index in [4.69, 9.17) is 20.0 Å². The Morgan fingerprint density at radius 1 is 1.06 bits per heavy atom. The van der Waals surface area contributed by atoms with Gasteiger partial charge in [0.15, 0.2) is 0 Å². The highest BCUT2D eigenvalue weighted by atomic mass is 16.5. The lowest BCUT2D eigenvalue weighted by molar-refractivity contribution is 0.123. The van der Waals surface area contributed by atoms with E-state index in [0.717, 1.165) is 54.4 Å². The molecule has 8 heteroatoms. The molecule has 0 radical (unpaired) electrons. The van der Waals surface area contributed by atoms with Crippen molar-refractivity contribution in [3.05, 3.63) is 69.6 Å². The lowest BCUT2D eigenvalue weighted by atomic mass is 10.0. The van der Waals surface area contributed by atoms with Crippen molar-refractivity contribution in [3.8, 4) is 5.75 Å². The van der Waals surface area contributed by atoms with Crippen molar-refractivity contribution in [1.82, 2.24) is 29.5 Å². The standard InChI is InChI=1S/C27H33N7O/c1-18(2)34-27-22-17-32(20-11-13-31(3)14-12-20)29-23(22)9-10-25-26(27)24(30-34)15-28-33(25)16-19-5-7-21(35-4)8-6-19/h5-10,15,18,20H,11-14,16-17H2,1-4H3. The number of hydrogen-bond donors (Lipinski definition) is 0. The maximum atomic E-state index is 5.32. The van der Waals surface area contributed by atoms with E-state index in [0.29, 0.717) is 12.6 Å². The Morgan fingerprint density at radius 3 is 2.54 bits per heavy atom. The van der Waals surface area contributed by atoms with E-state index in [1.807, 2.05) is 18.3 Å². The summed E-state index contributed by atoms with van der Waals surface area (Å²) in [6, 6.07) is 13.3. The molecule has 1 aromatic carbocycles. The summed E-state index contributed by atoms with van der Waals surface area (Å²) in [4.78, 5) is 2.41. The zero-order valence-corrected chi connectivity index (χ0v) is 21.0. The SMILES string of the molecule is COc1ccc(Cn2ncc3nn(C(C)C)c4c5c(ccc2=c34)=NN(C2CCN(C)CC2)C5)cc1. The second-order valence-corrected chi connectivity index (χ2v) is 10.1. The van der Waals surface area contributed by atoms with Crippen LogP contribution in [-0.4, -0.2) is 62.8 Å². The molecule has 4 aliphatic rings. The van der Waals surface area contributed by atoms with Gasteiger partial charge in [-0.25, -0.2) is 0 Å². The van der Waals surface area contributed by atoms with Crippen LogP contribution in [0.2, 0.25) is 0 Å². The molecule has 0 N–H and O–H groups in total. The van der Waals surface area contributed by atoms with E-state index in [1.54, 1.807) is 7.11 Å². The molecule has 0 saturated carbocycles. The van der Waals surface area contributed by atoms with Crippen molar-refractivity contribution in [2.75, 3.05) is 27.2 Å². The first kappa shape index (κ1) is 22.1. The Labute approximate surface area is 205 Å². The second-order valence-electron chi connectivity index (χ2n) is 10.1. The van der Waals surface area contributed by atoms with Gasteiger partial charge < -0.3 is 9.64 Å². The highest BCUT2D eigenvalue weighted by molar-refractivity contribution is 5.67. The lowest BCUT2D eigenvalue weighted by Crippen LogP contribution is -2.40. The van der Waals surface area contributed by atoms with E-state index < -0.39 is 0 Å². The molecule has 1 saturated heterocycles. The van der Waals surface area contributed by atoms with Crippen molar-refractivity contribution >= 4 is 11.0 Å². The Hall–Kier alpha value is -3.39. The molecule has 0 atom stereocenters. The summed E-state index contributed by atoms with van der Waals surface area (Å²) in [5.41, 5.74) is 4.58. The highest BCUT2D eigenvalue weighted by Crippen LogP contribution is 2.26. The Bertz CT molecular complexity index is 1490. The third-order valence-electron chi connectivity index (χ3n) is 7.43. The average molecular weight is 472 g/mol. The highest BCUT2D eigenvalue weighted by Gasteiger charge is 2.28. The monoisotopic (exact) mass is 471 g/mol. The van der Waals surface area contributed by atoms with Gasteiger partial charge in [-0.3, -0.25) is 14.4 Å². The van der Waals surface area contributed by atoms with Crippen LogP contribution in [0.4, 0.5) is 0 Å². The smallest absolute Gasteiger partial charge is 0.118 e. The number of benzene rings is 1. The maximum absolute atomic E-state index is 5.32. The average Bonchev–Trinajstić information content (AvgIpc) is 3.42. The van der Waals surface area contributed by atoms with Crippen molar-refractivity contribution in [1.29, 1.82) is 0 Å². The van der Waals surface area contributed by atoms with Gasteiger partial charge in [0.25, 0.3) is 0 Å². The number of rotatable bonds is 5. The van der Waals surface area contributed by atoms with E-state index >= 15 is 0 Å². The topological polar surface area (TPSA) is 63.7 Å². The van der Waals surface area contributed by atoms with Crippen LogP contribution in [0.3, 0.4) is 0 Å². The summed E-state index contributed by atoms with van der Waals surface area (Å²) in [7, 11) is 3.90. The van der Waals surface area contributed by atoms with Crippen LogP contribution >= 0.6 is 0 Å². The molecule has 0 spiro atoms. The minimum absolute atomic E-state index is 0.240. The number of ether oxygens (including phenoxy) is 1. The van der Waals surface area contributed by atoms with Gasteiger partial charge in [0, 0.05) is 17.6 Å². The fourth-order valence-electron chi connectivity index (χ4n) is 5.44. The number of piperidine rings is 1. The Balaban J connectivity index is 1.50. The molecule has 3 aliphatic heterocycles. The third-order valence-corrected chi connectivity index (χ3v) is 7.43. The van der Waals surface area contributed by atoms with Gasteiger partial charge in [0.2, 0.25) is 0 Å². The summed E-state index contributed by atoms with van der Waals surface area (Å²) in [6.45, 7) is 8.16. The Kier molecular flexibility index (Phi) is 5.48. The predicted octanol–water partition coefficient (Wildman–Crippen LogP) is 3.32. The van der Waals surface area contributed by atoms with Gasteiger partial charge in [-0.15, -0.1) is 0 Å². The van der Waals surface area contributed by atoms with Crippen molar-refractivity contribution in [2.24, 2.45) is 5.10 Å².